The van der Waals surface area contributed by atoms with E-state index in [4.69, 9.17) is 9.97 Å². The van der Waals surface area contributed by atoms with Gasteiger partial charge in [-0.15, -0.1) is 0 Å². The molecule has 2 aliphatic rings. The van der Waals surface area contributed by atoms with E-state index >= 15 is 0 Å². The van der Waals surface area contributed by atoms with Crippen LogP contribution in [0.1, 0.15) is 55.5 Å². The maximum atomic E-state index is 5.05. The second kappa shape index (κ2) is 12.3. The minimum Gasteiger partial charge on any atom is -0.334 e. The normalized spacial score (nSPS) is 14.6. The molecular formula is C58H44N6. The van der Waals surface area contributed by atoms with Gasteiger partial charge in [0.15, 0.2) is 0 Å². The molecule has 0 saturated carbocycles. The van der Waals surface area contributed by atoms with Gasteiger partial charge in [0.1, 0.15) is 5.52 Å². The standard InChI is InChI=1S/C58H44N6/c1-57(2)44-16-9-6-13-36(44)39-29-54-42(27-46(39)57)38-15-8-11-18-49(38)63(54)35-22-24-51-48(26-35)59-33-62(51)31-34-21-23-50-41(25-34)43-28-47-40(37-14-7-10-17-45(37)58(47,3)4)30-55(43)64(50)53-20-12-19-52-56(53)60-32-61(52)5/h6-30,32-33H,31H2,1-5H3. The van der Waals surface area contributed by atoms with E-state index in [2.05, 4.69) is 205 Å². The third-order valence-electron chi connectivity index (χ3n) is 15.1. The van der Waals surface area contributed by atoms with Gasteiger partial charge >= 0.3 is 0 Å². The molecular weight excluding hydrogens is 781 g/mol. The highest BCUT2D eigenvalue weighted by Gasteiger charge is 2.37. The van der Waals surface area contributed by atoms with Crippen LogP contribution in [-0.4, -0.2) is 28.2 Å². The Balaban J connectivity index is 0.905. The summed E-state index contributed by atoms with van der Waals surface area (Å²) in [7, 11) is 2.07. The van der Waals surface area contributed by atoms with Gasteiger partial charge in [-0.2, -0.15) is 0 Å². The van der Waals surface area contributed by atoms with Crippen LogP contribution in [0.15, 0.2) is 164 Å². The summed E-state index contributed by atoms with van der Waals surface area (Å²) in [5.41, 5.74) is 23.1. The Bertz CT molecular complexity index is 4010. The van der Waals surface area contributed by atoms with Crippen LogP contribution >= 0.6 is 0 Å². The van der Waals surface area contributed by atoms with Gasteiger partial charge in [0.2, 0.25) is 0 Å². The van der Waals surface area contributed by atoms with Gasteiger partial charge in [-0.25, -0.2) is 9.97 Å². The van der Waals surface area contributed by atoms with Gasteiger partial charge in [0.05, 0.1) is 57.0 Å². The fraction of sp³-hybridized carbons (Fsp3) is 0.138. The van der Waals surface area contributed by atoms with Crippen LogP contribution in [0.2, 0.25) is 0 Å². The van der Waals surface area contributed by atoms with Crippen LogP contribution in [0.4, 0.5) is 0 Å². The molecule has 0 aliphatic heterocycles. The van der Waals surface area contributed by atoms with Crippen molar-refractivity contribution in [3.8, 4) is 33.6 Å². The second-order valence-electron chi connectivity index (χ2n) is 19.3. The fourth-order valence-electron chi connectivity index (χ4n) is 11.9. The van der Waals surface area contributed by atoms with Crippen molar-refractivity contribution in [2.75, 3.05) is 0 Å². The van der Waals surface area contributed by atoms with Crippen molar-refractivity contribution in [1.82, 2.24) is 28.2 Å². The molecule has 0 fully saturated rings. The van der Waals surface area contributed by atoms with Crippen LogP contribution in [0.3, 0.4) is 0 Å². The van der Waals surface area contributed by atoms with Gasteiger partial charge in [-0.3, -0.25) is 0 Å². The minimum absolute atomic E-state index is 0.0610. The summed E-state index contributed by atoms with van der Waals surface area (Å²) in [4.78, 5) is 9.98. The Morgan fingerprint density at radius 3 is 1.80 bits per heavy atom. The molecule has 8 aromatic carbocycles. The van der Waals surface area contributed by atoms with Crippen LogP contribution in [0, 0.1) is 0 Å². The van der Waals surface area contributed by atoms with Gasteiger partial charge in [-0.1, -0.05) is 107 Å². The lowest BCUT2D eigenvalue weighted by atomic mass is 9.82. The number of hydrogen-bond acceptors (Lipinski definition) is 2. The van der Waals surface area contributed by atoms with Crippen LogP contribution in [0.25, 0.3) is 99.3 Å². The maximum absolute atomic E-state index is 5.05. The molecule has 0 bridgehead atoms. The van der Waals surface area contributed by atoms with E-state index in [1.807, 2.05) is 12.7 Å². The monoisotopic (exact) mass is 824 g/mol. The molecule has 0 N–H and O–H groups in total. The second-order valence-corrected chi connectivity index (χ2v) is 19.3. The molecule has 12 aromatic rings. The molecule has 0 amide bonds. The molecule has 306 valence electrons. The maximum Gasteiger partial charge on any atom is 0.112 e. The van der Waals surface area contributed by atoms with Crippen molar-refractivity contribution in [1.29, 1.82) is 0 Å². The number of hydrogen-bond donors (Lipinski definition) is 0. The molecule has 0 spiro atoms. The van der Waals surface area contributed by atoms with Gasteiger partial charge < -0.3 is 18.3 Å². The predicted octanol–water partition coefficient (Wildman–Crippen LogP) is 13.8. The molecule has 0 unspecified atom stereocenters. The highest BCUT2D eigenvalue weighted by molar-refractivity contribution is 6.13. The molecule has 64 heavy (non-hydrogen) atoms. The Labute approximate surface area is 370 Å². The first-order valence-electron chi connectivity index (χ1n) is 22.4. The third-order valence-corrected chi connectivity index (χ3v) is 15.1. The number of para-hydroxylation sites is 2. The van der Waals surface area contributed by atoms with E-state index in [1.54, 1.807) is 0 Å². The summed E-state index contributed by atoms with van der Waals surface area (Å²) in [6, 6.07) is 56.8. The van der Waals surface area contributed by atoms with E-state index in [1.165, 1.54) is 93.7 Å². The number of benzene rings is 8. The topological polar surface area (TPSA) is 45.5 Å². The summed E-state index contributed by atoms with van der Waals surface area (Å²) in [6.07, 6.45) is 3.93. The minimum atomic E-state index is -0.108. The lowest BCUT2D eigenvalue weighted by molar-refractivity contribution is 0.661. The highest BCUT2D eigenvalue weighted by Crippen LogP contribution is 2.53. The Kier molecular flexibility index (Phi) is 6.87. The fourth-order valence-corrected chi connectivity index (χ4v) is 11.9. The summed E-state index contributed by atoms with van der Waals surface area (Å²) in [5, 5.41) is 5.05. The van der Waals surface area contributed by atoms with E-state index in [0.717, 1.165) is 33.4 Å². The molecule has 4 heterocycles. The zero-order valence-corrected chi connectivity index (χ0v) is 36.5. The van der Waals surface area contributed by atoms with Crippen LogP contribution < -0.4 is 0 Å². The average molecular weight is 825 g/mol. The van der Waals surface area contributed by atoms with E-state index in [9.17, 15) is 0 Å². The predicted molar refractivity (Wildman–Crippen MR) is 263 cm³/mol. The van der Waals surface area contributed by atoms with Crippen molar-refractivity contribution in [2.24, 2.45) is 7.05 Å². The van der Waals surface area contributed by atoms with Gasteiger partial charge in [0.25, 0.3) is 0 Å². The van der Waals surface area contributed by atoms with E-state index in [0.29, 0.717) is 6.54 Å². The van der Waals surface area contributed by atoms with Crippen molar-refractivity contribution >= 4 is 65.7 Å². The van der Waals surface area contributed by atoms with Gasteiger partial charge in [0, 0.05) is 51.7 Å². The van der Waals surface area contributed by atoms with Gasteiger partial charge in [-0.05, 0) is 123 Å². The first-order valence-corrected chi connectivity index (χ1v) is 22.4. The first kappa shape index (κ1) is 35.9. The molecule has 14 rings (SSSR count). The zero-order chi connectivity index (χ0) is 42.8. The van der Waals surface area contributed by atoms with Crippen LogP contribution in [0.5, 0.6) is 0 Å². The first-order chi connectivity index (χ1) is 31.1. The van der Waals surface area contributed by atoms with E-state index < -0.39 is 0 Å². The Hall–Kier alpha value is -7.70. The van der Waals surface area contributed by atoms with Crippen molar-refractivity contribution in [3.05, 3.63) is 192 Å². The lowest BCUT2D eigenvalue weighted by Crippen LogP contribution is -2.14. The number of imidazole rings is 2. The third kappa shape index (κ3) is 4.59. The highest BCUT2D eigenvalue weighted by atomic mass is 15.1. The summed E-state index contributed by atoms with van der Waals surface area (Å²) in [6.45, 7) is 10.2. The van der Waals surface area contributed by atoms with Crippen molar-refractivity contribution in [3.63, 3.8) is 0 Å². The summed E-state index contributed by atoms with van der Waals surface area (Å²) < 4.78 is 9.27. The quantitative estimate of drug-likeness (QED) is 0.177. The molecule has 6 heteroatoms. The van der Waals surface area contributed by atoms with Crippen LogP contribution in [-0.2, 0) is 24.4 Å². The molecule has 0 saturated heterocycles. The largest absolute Gasteiger partial charge is 0.334 e. The smallest absolute Gasteiger partial charge is 0.112 e. The molecule has 0 radical (unpaired) electrons. The molecule has 2 aliphatic carbocycles. The SMILES string of the molecule is Cn1cnc2c(-n3c4ccc(Cn5cnc6cc(-n7c8ccccc8c8cc9c(cc87)-c7ccccc7C9(C)C)ccc65)cc4c4cc5c(cc43)-c3ccccc3C5(C)C)cccc21. The molecule has 0 atom stereocenters. The summed E-state index contributed by atoms with van der Waals surface area (Å²) in [5.74, 6) is 0. The number of nitrogens with zero attached hydrogens (tertiary/aromatic N) is 6. The Morgan fingerprint density at radius 1 is 0.438 bits per heavy atom. The van der Waals surface area contributed by atoms with Crippen molar-refractivity contribution in [2.45, 2.75) is 45.1 Å². The Morgan fingerprint density at radius 2 is 1.05 bits per heavy atom. The number of rotatable bonds is 4. The lowest BCUT2D eigenvalue weighted by Gasteiger charge is -2.21. The number of aromatic nitrogens is 6. The average Bonchev–Trinajstić information content (AvgIpc) is 4.14. The zero-order valence-electron chi connectivity index (χ0n) is 36.5. The molecule has 4 aromatic heterocycles. The van der Waals surface area contributed by atoms with E-state index in [-0.39, 0.29) is 10.8 Å². The van der Waals surface area contributed by atoms with Crippen molar-refractivity contribution < 1.29 is 0 Å². The number of fused-ring (bicyclic) bond motifs is 14. The number of aryl methyl sites for hydroxylation is 1. The summed E-state index contributed by atoms with van der Waals surface area (Å²) >= 11 is 0. The molecule has 6 nitrogen and oxygen atoms in total.